The maximum atomic E-state index is 13.4. The van der Waals surface area contributed by atoms with Crippen LogP contribution >= 0.6 is 0 Å². The highest BCUT2D eigenvalue weighted by Gasteiger charge is 2.23. The number of para-hydroxylation sites is 1. The van der Waals surface area contributed by atoms with E-state index in [1.807, 2.05) is 62.4 Å². The molecule has 0 aliphatic carbocycles. The molecule has 1 amide bonds. The lowest BCUT2D eigenvalue weighted by molar-refractivity contribution is -0.124. The van der Waals surface area contributed by atoms with E-state index in [1.165, 1.54) is 4.68 Å². The molecule has 0 fully saturated rings. The minimum absolute atomic E-state index is 0.271. The number of hydrogen-bond donors (Lipinski definition) is 1. The molecule has 0 saturated heterocycles. The minimum Gasteiger partial charge on any atom is -0.493 e. The van der Waals surface area contributed by atoms with Crippen molar-refractivity contribution in [3.8, 4) is 17.2 Å². The van der Waals surface area contributed by atoms with Crippen molar-refractivity contribution in [2.24, 2.45) is 0 Å². The number of carbonyl (C=O) groups is 1. The Bertz CT molecular complexity index is 1430. The van der Waals surface area contributed by atoms with Gasteiger partial charge < -0.3 is 14.8 Å². The maximum Gasteiger partial charge on any atom is 0.278 e. The predicted molar refractivity (Wildman–Crippen MR) is 133 cm³/mol. The Morgan fingerprint density at radius 1 is 1.09 bits per heavy atom. The van der Waals surface area contributed by atoms with E-state index in [1.54, 1.807) is 25.6 Å². The van der Waals surface area contributed by atoms with Crippen LogP contribution in [0, 0.1) is 13.8 Å². The number of hydrogen-bond acceptors (Lipinski definition) is 6. The van der Waals surface area contributed by atoms with Crippen molar-refractivity contribution in [3.63, 3.8) is 0 Å². The summed E-state index contributed by atoms with van der Waals surface area (Å²) in [7, 11) is 1.57. The number of fused-ring (bicyclic) bond motifs is 1. The van der Waals surface area contributed by atoms with E-state index < -0.39 is 6.04 Å². The molecule has 35 heavy (non-hydrogen) atoms. The zero-order valence-corrected chi connectivity index (χ0v) is 20.5. The molecule has 0 bridgehead atoms. The standard InChI is InChI=1S/C26H29N5O4/c1-6-35-21-13-12-19(14-22(21)34-5)15-27-25(32)18(4)31-26(33)23-17(3)30(20-10-8-7-9-11-20)29-24(23)16(2)28-31/h7-14,18H,6,15H2,1-5H3,(H,27,32)/t18-/m0/s1. The average Bonchev–Trinajstić information content (AvgIpc) is 3.23. The smallest absolute Gasteiger partial charge is 0.278 e. The Morgan fingerprint density at radius 3 is 2.51 bits per heavy atom. The van der Waals surface area contributed by atoms with Crippen molar-refractivity contribution in [1.29, 1.82) is 0 Å². The van der Waals surface area contributed by atoms with Crippen LogP contribution in [0.2, 0.25) is 0 Å². The molecular formula is C26H29N5O4. The summed E-state index contributed by atoms with van der Waals surface area (Å²) >= 11 is 0. The number of methoxy groups -OCH3 is 1. The Balaban J connectivity index is 1.59. The number of carbonyl (C=O) groups excluding carboxylic acids is 1. The number of benzene rings is 2. The number of nitrogens with zero attached hydrogens (tertiary/aromatic N) is 4. The van der Waals surface area contributed by atoms with Gasteiger partial charge in [0.2, 0.25) is 5.91 Å². The average molecular weight is 476 g/mol. The van der Waals surface area contributed by atoms with Crippen molar-refractivity contribution in [3.05, 3.63) is 75.8 Å². The third kappa shape index (κ3) is 4.62. The molecule has 0 saturated carbocycles. The molecule has 4 aromatic rings. The number of amides is 1. The monoisotopic (exact) mass is 475 g/mol. The second kappa shape index (κ2) is 10.0. The molecule has 4 rings (SSSR count). The van der Waals surface area contributed by atoms with Gasteiger partial charge in [-0.2, -0.15) is 10.2 Å². The van der Waals surface area contributed by atoms with Crippen LogP contribution in [0.25, 0.3) is 16.6 Å². The van der Waals surface area contributed by atoms with E-state index in [0.29, 0.717) is 40.4 Å². The van der Waals surface area contributed by atoms with Crippen LogP contribution in [-0.4, -0.2) is 39.2 Å². The Kier molecular flexibility index (Phi) is 6.86. The van der Waals surface area contributed by atoms with Gasteiger partial charge in [0.1, 0.15) is 11.6 Å². The summed E-state index contributed by atoms with van der Waals surface area (Å²) in [4.78, 5) is 26.3. The van der Waals surface area contributed by atoms with E-state index in [4.69, 9.17) is 9.47 Å². The van der Waals surface area contributed by atoms with Gasteiger partial charge in [0.25, 0.3) is 5.56 Å². The van der Waals surface area contributed by atoms with E-state index >= 15 is 0 Å². The SMILES string of the molecule is CCOc1ccc(CNC(=O)[C@H](C)n2nc(C)c3nn(-c4ccccc4)c(C)c3c2=O)cc1OC. The molecule has 0 spiro atoms. The van der Waals surface area contributed by atoms with Gasteiger partial charge in [-0.15, -0.1) is 0 Å². The van der Waals surface area contributed by atoms with Gasteiger partial charge >= 0.3 is 0 Å². The second-order valence-electron chi connectivity index (χ2n) is 8.20. The number of nitrogens with one attached hydrogen (secondary N) is 1. The van der Waals surface area contributed by atoms with Gasteiger partial charge in [0.15, 0.2) is 11.5 Å². The van der Waals surface area contributed by atoms with Gasteiger partial charge in [0.05, 0.1) is 36.2 Å². The molecule has 2 aromatic heterocycles. The van der Waals surface area contributed by atoms with Gasteiger partial charge in [-0.05, 0) is 57.5 Å². The van der Waals surface area contributed by atoms with E-state index in [9.17, 15) is 9.59 Å². The molecular weight excluding hydrogens is 446 g/mol. The van der Waals surface area contributed by atoms with Crippen molar-refractivity contribution < 1.29 is 14.3 Å². The van der Waals surface area contributed by atoms with E-state index in [2.05, 4.69) is 15.5 Å². The van der Waals surface area contributed by atoms with Crippen LogP contribution in [0.4, 0.5) is 0 Å². The molecule has 0 radical (unpaired) electrons. The number of aryl methyl sites for hydroxylation is 2. The predicted octanol–water partition coefficient (Wildman–Crippen LogP) is 3.48. The highest BCUT2D eigenvalue weighted by atomic mass is 16.5. The number of ether oxygens (including phenoxy) is 2. The Morgan fingerprint density at radius 2 is 1.83 bits per heavy atom. The number of rotatable bonds is 8. The lowest BCUT2D eigenvalue weighted by atomic mass is 10.2. The molecule has 2 aromatic carbocycles. The second-order valence-corrected chi connectivity index (χ2v) is 8.20. The quantitative estimate of drug-likeness (QED) is 0.419. The lowest BCUT2D eigenvalue weighted by Crippen LogP contribution is -2.37. The molecule has 2 heterocycles. The van der Waals surface area contributed by atoms with E-state index in [-0.39, 0.29) is 18.0 Å². The van der Waals surface area contributed by atoms with Crippen molar-refractivity contribution >= 4 is 16.8 Å². The van der Waals surface area contributed by atoms with Crippen LogP contribution in [0.1, 0.15) is 36.8 Å². The van der Waals surface area contributed by atoms with Crippen molar-refractivity contribution in [2.75, 3.05) is 13.7 Å². The highest BCUT2D eigenvalue weighted by Crippen LogP contribution is 2.28. The van der Waals surface area contributed by atoms with Gasteiger partial charge in [-0.1, -0.05) is 24.3 Å². The summed E-state index contributed by atoms with van der Waals surface area (Å²) in [5, 5.41) is 12.4. The first-order chi connectivity index (χ1) is 16.8. The molecule has 9 heteroatoms. The Hall–Kier alpha value is -4.14. The van der Waals surface area contributed by atoms with Crippen LogP contribution in [0.5, 0.6) is 11.5 Å². The van der Waals surface area contributed by atoms with Crippen LogP contribution in [0.3, 0.4) is 0 Å². The summed E-state index contributed by atoms with van der Waals surface area (Å²) in [6.07, 6.45) is 0. The normalized spacial score (nSPS) is 11.9. The molecule has 1 atom stereocenters. The van der Waals surface area contributed by atoms with Crippen LogP contribution in [0.15, 0.2) is 53.3 Å². The molecule has 0 aliphatic heterocycles. The lowest BCUT2D eigenvalue weighted by Gasteiger charge is -2.16. The summed E-state index contributed by atoms with van der Waals surface area (Å²) in [5.74, 6) is 0.917. The third-order valence-electron chi connectivity index (χ3n) is 5.88. The highest BCUT2D eigenvalue weighted by molar-refractivity contribution is 5.84. The summed E-state index contributed by atoms with van der Waals surface area (Å²) in [5.41, 5.74) is 3.15. The zero-order valence-electron chi connectivity index (χ0n) is 20.5. The first-order valence-electron chi connectivity index (χ1n) is 11.5. The van der Waals surface area contributed by atoms with Gasteiger partial charge in [-0.25, -0.2) is 9.36 Å². The van der Waals surface area contributed by atoms with Gasteiger partial charge in [0, 0.05) is 6.54 Å². The topological polar surface area (TPSA) is 100 Å². The number of aromatic nitrogens is 4. The fraction of sp³-hybridized carbons (Fsp3) is 0.308. The zero-order chi connectivity index (χ0) is 25.1. The summed E-state index contributed by atoms with van der Waals surface area (Å²) < 4.78 is 13.9. The van der Waals surface area contributed by atoms with Crippen LogP contribution in [-0.2, 0) is 11.3 Å². The fourth-order valence-electron chi connectivity index (χ4n) is 4.01. The maximum absolute atomic E-state index is 13.4. The summed E-state index contributed by atoms with van der Waals surface area (Å²) in [6.45, 7) is 7.99. The third-order valence-corrected chi connectivity index (χ3v) is 5.88. The van der Waals surface area contributed by atoms with Crippen molar-refractivity contribution in [2.45, 2.75) is 40.3 Å². The summed E-state index contributed by atoms with van der Waals surface area (Å²) in [6, 6.07) is 14.3. The molecule has 0 unspecified atom stereocenters. The molecule has 0 aliphatic rings. The van der Waals surface area contributed by atoms with Crippen molar-refractivity contribution in [1.82, 2.24) is 24.9 Å². The minimum atomic E-state index is -0.810. The fourth-order valence-corrected chi connectivity index (χ4v) is 4.01. The molecule has 1 N–H and O–H groups in total. The van der Waals surface area contributed by atoms with Crippen LogP contribution < -0.4 is 20.3 Å². The molecule has 182 valence electrons. The van der Waals surface area contributed by atoms with Gasteiger partial charge in [-0.3, -0.25) is 9.59 Å². The Labute approximate surface area is 203 Å². The first kappa shape index (κ1) is 24.0. The largest absolute Gasteiger partial charge is 0.493 e. The van der Waals surface area contributed by atoms with E-state index in [0.717, 1.165) is 11.3 Å². The molecule has 9 nitrogen and oxygen atoms in total. The first-order valence-corrected chi connectivity index (χ1v) is 11.5.